The molecular formula is C31H24BrN3O5. The van der Waals surface area contributed by atoms with Crippen LogP contribution in [0.3, 0.4) is 0 Å². The molecule has 200 valence electrons. The molecule has 5 aromatic rings. The molecule has 0 aliphatic heterocycles. The van der Waals surface area contributed by atoms with Gasteiger partial charge in [0.15, 0.2) is 0 Å². The molecule has 9 heteroatoms. The average Bonchev–Trinajstić information content (AvgIpc) is 3.40. The predicted octanol–water partition coefficient (Wildman–Crippen LogP) is 6.60. The Hall–Kier alpha value is -4.89. The molecule has 4 aromatic carbocycles. The van der Waals surface area contributed by atoms with Crippen LogP contribution in [0, 0.1) is 0 Å². The Morgan fingerprint density at radius 2 is 1.57 bits per heavy atom. The number of hydrogen-bond donors (Lipinski definition) is 2. The predicted molar refractivity (Wildman–Crippen MR) is 157 cm³/mol. The van der Waals surface area contributed by atoms with Crippen LogP contribution in [0.4, 0.5) is 0 Å². The molecule has 0 radical (unpaired) electrons. The minimum atomic E-state index is -0.530. The maximum atomic E-state index is 13.4. The molecule has 5 rings (SSSR count). The number of nitrogens with zero attached hydrogens (tertiary/aromatic N) is 1. The van der Waals surface area contributed by atoms with E-state index in [0.717, 1.165) is 15.4 Å². The number of carbonyl (C=O) groups excluding carboxylic acids is 2. The van der Waals surface area contributed by atoms with Gasteiger partial charge in [-0.3, -0.25) is 4.79 Å². The number of hydrogen-bond acceptors (Lipinski definition) is 6. The Kier molecular flexibility index (Phi) is 7.93. The van der Waals surface area contributed by atoms with Crippen LogP contribution in [0.5, 0.6) is 17.2 Å². The molecule has 2 N–H and O–H groups in total. The first-order chi connectivity index (χ1) is 19.5. The van der Waals surface area contributed by atoms with Crippen LogP contribution in [0.25, 0.3) is 22.0 Å². The van der Waals surface area contributed by atoms with Crippen molar-refractivity contribution in [2.75, 3.05) is 14.2 Å². The normalized spacial score (nSPS) is 11.0. The van der Waals surface area contributed by atoms with Crippen LogP contribution in [-0.2, 0) is 0 Å². The number of amides is 1. The highest BCUT2D eigenvalue weighted by Gasteiger charge is 2.23. The monoisotopic (exact) mass is 597 g/mol. The molecule has 0 saturated carbocycles. The van der Waals surface area contributed by atoms with E-state index in [4.69, 9.17) is 14.2 Å². The van der Waals surface area contributed by atoms with E-state index in [-0.39, 0.29) is 0 Å². The van der Waals surface area contributed by atoms with E-state index >= 15 is 0 Å². The van der Waals surface area contributed by atoms with E-state index in [1.165, 1.54) is 6.21 Å². The lowest BCUT2D eigenvalue weighted by atomic mass is 10.0. The maximum absolute atomic E-state index is 13.4. The molecule has 0 aliphatic rings. The van der Waals surface area contributed by atoms with Gasteiger partial charge in [-0.25, -0.2) is 10.2 Å². The molecule has 0 unspecified atom stereocenters. The third-order valence-corrected chi connectivity index (χ3v) is 6.85. The lowest BCUT2D eigenvalue weighted by molar-refractivity contribution is 0.0734. The summed E-state index contributed by atoms with van der Waals surface area (Å²) >= 11 is 3.62. The van der Waals surface area contributed by atoms with Gasteiger partial charge in [-0.15, -0.1) is 0 Å². The zero-order valence-corrected chi connectivity index (χ0v) is 23.2. The highest BCUT2D eigenvalue weighted by Crippen LogP contribution is 2.40. The standard InChI is InChI=1S/C31H24BrN3O5/c1-38-22-14-12-20(13-15-22)31(37)40-24-11-7-6-10-21(24)18-33-35-30(36)29-26(19-8-4-3-5-9-19)27-23(32)16-17-25(39-2)28(27)34-29/h3-18,34H,1-2H3,(H,35,36). The first-order valence-electron chi connectivity index (χ1n) is 12.2. The number of hydrazone groups is 1. The molecule has 0 saturated heterocycles. The fourth-order valence-electron chi connectivity index (χ4n) is 4.26. The third kappa shape index (κ3) is 5.45. The van der Waals surface area contributed by atoms with Crippen molar-refractivity contribution in [3.63, 3.8) is 0 Å². The van der Waals surface area contributed by atoms with Crippen molar-refractivity contribution in [2.45, 2.75) is 0 Å². The second kappa shape index (κ2) is 11.9. The fourth-order valence-corrected chi connectivity index (χ4v) is 4.78. The summed E-state index contributed by atoms with van der Waals surface area (Å²) in [5.74, 6) is 0.553. The highest BCUT2D eigenvalue weighted by molar-refractivity contribution is 9.10. The summed E-state index contributed by atoms with van der Waals surface area (Å²) in [5.41, 5.74) is 6.04. The number of para-hydroxylation sites is 1. The Morgan fingerprint density at radius 1 is 0.850 bits per heavy atom. The lowest BCUT2D eigenvalue weighted by Gasteiger charge is -2.08. The summed E-state index contributed by atoms with van der Waals surface area (Å²) < 4.78 is 17.1. The Morgan fingerprint density at radius 3 is 2.30 bits per heavy atom. The van der Waals surface area contributed by atoms with Crippen molar-refractivity contribution >= 4 is 44.9 Å². The number of halogens is 1. The highest BCUT2D eigenvalue weighted by atomic mass is 79.9. The van der Waals surface area contributed by atoms with Gasteiger partial charge in [0.05, 0.1) is 31.5 Å². The molecule has 0 fully saturated rings. The number of H-pyrrole nitrogens is 1. The zero-order chi connectivity index (χ0) is 28.1. The van der Waals surface area contributed by atoms with E-state index in [2.05, 4.69) is 31.4 Å². The summed E-state index contributed by atoms with van der Waals surface area (Å²) in [4.78, 5) is 29.3. The summed E-state index contributed by atoms with van der Waals surface area (Å²) in [6.07, 6.45) is 1.43. The SMILES string of the molecule is COc1ccc(C(=O)Oc2ccccc2C=NNC(=O)c2[nH]c3c(OC)ccc(Br)c3c2-c2ccccc2)cc1. The molecule has 8 nitrogen and oxygen atoms in total. The molecule has 40 heavy (non-hydrogen) atoms. The van der Waals surface area contributed by atoms with E-state index in [1.54, 1.807) is 62.8 Å². The van der Waals surface area contributed by atoms with Gasteiger partial charge in [0.2, 0.25) is 0 Å². The Balaban J connectivity index is 1.41. The van der Waals surface area contributed by atoms with Crippen LogP contribution in [0.1, 0.15) is 26.4 Å². The largest absolute Gasteiger partial charge is 0.497 e. The average molecular weight is 598 g/mol. The van der Waals surface area contributed by atoms with E-state index < -0.39 is 11.9 Å². The topological polar surface area (TPSA) is 102 Å². The molecule has 0 spiro atoms. The summed E-state index contributed by atoms with van der Waals surface area (Å²) in [7, 11) is 3.13. The van der Waals surface area contributed by atoms with Crippen molar-refractivity contribution < 1.29 is 23.8 Å². The molecule has 0 bridgehead atoms. The van der Waals surface area contributed by atoms with Crippen molar-refractivity contribution in [2.24, 2.45) is 5.10 Å². The number of aromatic amines is 1. The molecule has 1 aromatic heterocycles. The zero-order valence-electron chi connectivity index (χ0n) is 21.6. The Labute approximate surface area is 238 Å². The van der Waals surface area contributed by atoms with Gasteiger partial charge in [-0.1, -0.05) is 58.4 Å². The molecular weight excluding hydrogens is 574 g/mol. The minimum absolute atomic E-state index is 0.297. The number of carbonyl (C=O) groups is 2. The number of esters is 1. The van der Waals surface area contributed by atoms with E-state index in [0.29, 0.717) is 45.1 Å². The lowest BCUT2D eigenvalue weighted by Crippen LogP contribution is -2.19. The summed E-state index contributed by atoms with van der Waals surface area (Å²) in [6, 6.07) is 26.8. The second-order valence-electron chi connectivity index (χ2n) is 8.60. The fraction of sp³-hybridized carbons (Fsp3) is 0.0645. The number of fused-ring (bicyclic) bond motifs is 1. The number of methoxy groups -OCH3 is 2. The van der Waals surface area contributed by atoms with Crippen LogP contribution in [0.2, 0.25) is 0 Å². The van der Waals surface area contributed by atoms with Gasteiger partial charge in [-0.2, -0.15) is 5.10 Å². The number of ether oxygens (including phenoxy) is 3. The van der Waals surface area contributed by atoms with Crippen molar-refractivity contribution in [3.05, 3.63) is 112 Å². The van der Waals surface area contributed by atoms with Crippen molar-refractivity contribution in [1.29, 1.82) is 0 Å². The van der Waals surface area contributed by atoms with Crippen LogP contribution in [-0.4, -0.2) is 37.3 Å². The smallest absolute Gasteiger partial charge is 0.343 e. The maximum Gasteiger partial charge on any atom is 0.343 e. The number of rotatable bonds is 8. The summed E-state index contributed by atoms with van der Waals surface area (Å²) in [5, 5.41) is 4.97. The van der Waals surface area contributed by atoms with Gasteiger partial charge < -0.3 is 19.2 Å². The minimum Gasteiger partial charge on any atom is -0.497 e. The number of nitrogens with one attached hydrogen (secondary N) is 2. The van der Waals surface area contributed by atoms with Gasteiger partial charge in [0.1, 0.15) is 22.9 Å². The van der Waals surface area contributed by atoms with Gasteiger partial charge in [-0.05, 0) is 54.1 Å². The molecule has 1 heterocycles. The van der Waals surface area contributed by atoms with Gasteiger partial charge in [0.25, 0.3) is 5.91 Å². The Bertz CT molecular complexity index is 1710. The van der Waals surface area contributed by atoms with E-state index in [9.17, 15) is 9.59 Å². The second-order valence-corrected chi connectivity index (χ2v) is 9.45. The number of benzene rings is 4. The molecule has 0 aliphatic carbocycles. The molecule has 0 atom stereocenters. The number of aromatic nitrogens is 1. The van der Waals surface area contributed by atoms with Gasteiger partial charge in [0, 0.05) is 21.0 Å². The van der Waals surface area contributed by atoms with Gasteiger partial charge >= 0.3 is 5.97 Å². The first-order valence-corrected chi connectivity index (χ1v) is 13.0. The molecule has 1 amide bonds. The van der Waals surface area contributed by atoms with Crippen LogP contribution >= 0.6 is 15.9 Å². The first kappa shape index (κ1) is 26.7. The van der Waals surface area contributed by atoms with Crippen molar-refractivity contribution in [1.82, 2.24) is 10.4 Å². The third-order valence-electron chi connectivity index (χ3n) is 6.19. The van der Waals surface area contributed by atoms with Crippen LogP contribution < -0.4 is 19.6 Å². The van der Waals surface area contributed by atoms with Crippen molar-refractivity contribution in [3.8, 4) is 28.4 Å². The summed E-state index contributed by atoms with van der Waals surface area (Å²) in [6.45, 7) is 0. The van der Waals surface area contributed by atoms with Crippen LogP contribution in [0.15, 0.2) is 101 Å². The quantitative estimate of drug-likeness (QED) is 0.0908. The van der Waals surface area contributed by atoms with E-state index in [1.807, 2.05) is 42.5 Å².